The molecule has 4 nitrogen and oxygen atoms in total. The zero-order valence-corrected chi connectivity index (χ0v) is 10.1. The third-order valence-electron chi connectivity index (χ3n) is 3.16. The Hall–Kier alpha value is -1.46. The van der Waals surface area contributed by atoms with Crippen LogP contribution in [0.15, 0.2) is 24.3 Å². The lowest BCUT2D eigenvalue weighted by Crippen LogP contribution is -2.44. The number of amides is 1. The minimum absolute atomic E-state index is 0.157. The first-order chi connectivity index (χ1) is 8.56. The van der Waals surface area contributed by atoms with Crippen molar-refractivity contribution in [1.82, 2.24) is 4.90 Å². The number of rotatable bonds is 3. The zero-order valence-electron chi connectivity index (χ0n) is 10.1. The van der Waals surface area contributed by atoms with Gasteiger partial charge in [-0.2, -0.15) is 0 Å². The predicted molar refractivity (Wildman–Crippen MR) is 65.3 cm³/mol. The van der Waals surface area contributed by atoms with Crippen LogP contribution in [0.1, 0.15) is 12.0 Å². The van der Waals surface area contributed by atoms with Gasteiger partial charge in [-0.05, 0) is 30.5 Å². The van der Waals surface area contributed by atoms with E-state index in [1.54, 1.807) is 17.0 Å². The number of halogens is 1. The van der Waals surface area contributed by atoms with E-state index in [2.05, 4.69) is 0 Å². The maximum atomic E-state index is 12.7. The molecule has 98 valence electrons. The molecule has 18 heavy (non-hydrogen) atoms. The fraction of sp³-hybridized carbons (Fsp3) is 0.462. The lowest BCUT2D eigenvalue weighted by atomic mass is 10.1. The average molecular weight is 252 g/mol. The summed E-state index contributed by atoms with van der Waals surface area (Å²) < 4.78 is 12.7. The van der Waals surface area contributed by atoms with Gasteiger partial charge < -0.3 is 15.7 Å². The molecule has 2 atom stereocenters. The van der Waals surface area contributed by atoms with Crippen molar-refractivity contribution in [3.8, 4) is 0 Å². The number of aliphatic hydroxyl groups is 1. The number of benzene rings is 1. The van der Waals surface area contributed by atoms with Gasteiger partial charge in [-0.25, -0.2) is 4.39 Å². The van der Waals surface area contributed by atoms with Crippen LogP contribution in [0.3, 0.4) is 0 Å². The van der Waals surface area contributed by atoms with Crippen molar-refractivity contribution < 1.29 is 14.3 Å². The molecule has 1 aromatic rings. The van der Waals surface area contributed by atoms with Gasteiger partial charge in [0.2, 0.25) is 5.91 Å². The van der Waals surface area contributed by atoms with Gasteiger partial charge in [-0.3, -0.25) is 4.79 Å². The number of likely N-dealkylation sites (tertiary alicyclic amines) is 1. The predicted octanol–water partition coefficient (Wildman–Crippen LogP) is 0.289. The Balaban J connectivity index is 1.93. The van der Waals surface area contributed by atoms with Gasteiger partial charge >= 0.3 is 0 Å². The van der Waals surface area contributed by atoms with Crippen LogP contribution in [-0.4, -0.2) is 41.1 Å². The summed E-state index contributed by atoms with van der Waals surface area (Å²) in [6.07, 6.45) is 0.549. The maximum absolute atomic E-state index is 12.7. The summed E-state index contributed by atoms with van der Waals surface area (Å²) in [5.41, 5.74) is 6.68. The Morgan fingerprint density at radius 3 is 2.72 bits per heavy atom. The van der Waals surface area contributed by atoms with Crippen molar-refractivity contribution in [1.29, 1.82) is 0 Å². The molecule has 0 aromatic heterocycles. The van der Waals surface area contributed by atoms with Crippen LogP contribution in [0.25, 0.3) is 0 Å². The molecule has 1 aliphatic rings. The Kier molecular flexibility index (Phi) is 3.93. The van der Waals surface area contributed by atoms with Crippen molar-refractivity contribution in [2.75, 3.05) is 13.1 Å². The average Bonchev–Trinajstić information content (AvgIpc) is 2.78. The summed E-state index contributed by atoms with van der Waals surface area (Å²) in [6, 6.07) is 5.32. The molecule has 1 aromatic carbocycles. The highest BCUT2D eigenvalue weighted by atomic mass is 19.1. The summed E-state index contributed by atoms with van der Waals surface area (Å²) in [6.45, 7) is 0.910. The molecule has 1 fully saturated rings. The summed E-state index contributed by atoms with van der Waals surface area (Å²) in [5.74, 6) is -0.461. The molecule has 0 spiro atoms. The van der Waals surface area contributed by atoms with Gasteiger partial charge in [0.05, 0.1) is 12.1 Å². The van der Waals surface area contributed by atoms with Crippen LogP contribution in [0.5, 0.6) is 0 Å². The summed E-state index contributed by atoms with van der Waals surface area (Å²) in [4.78, 5) is 13.6. The molecular weight excluding hydrogens is 235 g/mol. The summed E-state index contributed by atoms with van der Waals surface area (Å²) in [5, 5.41) is 9.37. The largest absolute Gasteiger partial charge is 0.391 e. The van der Waals surface area contributed by atoms with Crippen LogP contribution in [0, 0.1) is 5.82 Å². The van der Waals surface area contributed by atoms with Gasteiger partial charge in [0.15, 0.2) is 0 Å². The first-order valence-electron chi connectivity index (χ1n) is 6.03. The number of β-amino-alcohol motifs (C(OH)–C–C–N with tert-alkyl or cyclic N) is 1. The highest BCUT2D eigenvalue weighted by Gasteiger charge is 2.28. The van der Waals surface area contributed by atoms with Gasteiger partial charge in [-0.15, -0.1) is 0 Å². The van der Waals surface area contributed by atoms with Crippen molar-refractivity contribution >= 4 is 5.91 Å². The molecule has 0 saturated carbocycles. The molecule has 0 aliphatic carbocycles. The Morgan fingerprint density at radius 1 is 1.50 bits per heavy atom. The fourth-order valence-corrected chi connectivity index (χ4v) is 2.14. The number of aliphatic hydroxyl groups excluding tert-OH is 1. The highest BCUT2D eigenvalue weighted by Crippen LogP contribution is 2.12. The molecule has 1 heterocycles. The second-order valence-corrected chi connectivity index (χ2v) is 4.66. The fourth-order valence-electron chi connectivity index (χ4n) is 2.14. The van der Waals surface area contributed by atoms with Crippen LogP contribution >= 0.6 is 0 Å². The van der Waals surface area contributed by atoms with Crippen molar-refractivity contribution in [2.45, 2.75) is 25.0 Å². The number of carbonyl (C=O) groups is 1. The highest BCUT2D eigenvalue weighted by molar-refractivity contribution is 5.82. The molecule has 1 saturated heterocycles. The molecule has 1 unspecified atom stereocenters. The molecule has 0 radical (unpaired) electrons. The molecule has 0 bridgehead atoms. The van der Waals surface area contributed by atoms with Crippen molar-refractivity contribution in [3.05, 3.63) is 35.6 Å². The van der Waals surface area contributed by atoms with Crippen LogP contribution in [0.4, 0.5) is 4.39 Å². The Labute approximate surface area is 105 Å². The summed E-state index contributed by atoms with van der Waals surface area (Å²) >= 11 is 0. The lowest BCUT2D eigenvalue weighted by molar-refractivity contribution is -0.131. The molecule has 1 aliphatic heterocycles. The number of hydrogen-bond acceptors (Lipinski definition) is 3. The first-order valence-corrected chi connectivity index (χ1v) is 6.03. The zero-order chi connectivity index (χ0) is 13.1. The number of nitrogens with two attached hydrogens (primary N) is 1. The van der Waals surface area contributed by atoms with E-state index in [9.17, 15) is 14.3 Å². The molecule has 2 rings (SSSR count). The van der Waals surface area contributed by atoms with Crippen molar-refractivity contribution in [2.24, 2.45) is 5.73 Å². The third kappa shape index (κ3) is 3.05. The van der Waals surface area contributed by atoms with Crippen LogP contribution in [0.2, 0.25) is 0 Å². The second-order valence-electron chi connectivity index (χ2n) is 4.66. The molecule has 1 amide bonds. The van der Waals surface area contributed by atoms with Crippen LogP contribution in [-0.2, 0) is 11.2 Å². The lowest BCUT2D eigenvalue weighted by Gasteiger charge is -2.20. The molecule has 3 N–H and O–H groups in total. The Bertz CT molecular complexity index is 422. The number of hydrogen-bond donors (Lipinski definition) is 2. The van der Waals surface area contributed by atoms with E-state index in [4.69, 9.17) is 5.73 Å². The first kappa shape index (κ1) is 13.0. The number of nitrogens with zero attached hydrogens (tertiary/aromatic N) is 1. The Morgan fingerprint density at radius 2 is 2.17 bits per heavy atom. The smallest absolute Gasteiger partial charge is 0.239 e. The van der Waals surface area contributed by atoms with E-state index in [1.165, 1.54) is 12.1 Å². The van der Waals surface area contributed by atoms with E-state index in [0.717, 1.165) is 5.56 Å². The monoisotopic (exact) mass is 252 g/mol. The van der Waals surface area contributed by atoms with E-state index in [1.807, 2.05) is 0 Å². The minimum Gasteiger partial charge on any atom is -0.391 e. The normalized spacial score (nSPS) is 21.1. The molecule has 5 heteroatoms. The number of carbonyl (C=O) groups excluding carboxylic acids is 1. The topological polar surface area (TPSA) is 66.6 Å². The third-order valence-corrected chi connectivity index (χ3v) is 3.16. The van der Waals surface area contributed by atoms with Gasteiger partial charge in [-0.1, -0.05) is 12.1 Å². The van der Waals surface area contributed by atoms with Gasteiger partial charge in [0.1, 0.15) is 5.82 Å². The van der Waals surface area contributed by atoms with Crippen molar-refractivity contribution in [3.63, 3.8) is 0 Å². The quantitative estimate of drug-likeness (QED) is 0.812. The van der Waals surface area contributed by atoms with E-state index >= 15 is 0 Å². The van der Waals surface area contributed by atoms with E-state index in [-0.39, 0.29) is 11.7 Å². The van der Waals surface area contributed by atoms with Crippen LogP contribution < -0.4 is 5.73 Å². The molecular formula is C13H17FN2O2. The van der Waals surface area contributed by atoms with E-state index in [0.29, 0.717) is 25.9 Å². The SMILES string of the molecule is NC(Cc1ccc(F)cc1)C(=O)N1CC[C@H](O)C1. The van der Waals surface area contributed by atoms with Gasteiger partial charge in [0, 0.05) is 13.1 Å². The second kappa shape index (κ2) is 5.46. The maximum Gasteiger partial charge on any atom is 0.239 e. The standard InChI is InChI=1S/C13H17FN2O2/c14-10-3-1-9(2-4-10)7-12(15)13(18)16-6-5-11(17)8-16/h1-4,11-12,17H,5-8,15H2/t11-,12?/m0/s1. The minimum atomic E-state index is -0.638. The van der Waals surface area contributed by atoms with E-state index < -0.39 is 12.1 Å². The summed E-state index contributed by atoms with van der Waals surface area (Å²) in [7, 11) is 0. The van der Waals surface area contributed by atoms with Gasteiger partial charge in [0.25, 0.3) is 0 Å².